The van der Waals surface area contributed by atoms with E-state index in [0.29, 0.717) is 17.4 Å². The van der Waals surface area contributed by atoms with Crippen molar-refractivity contribution in [1.82, 2.24) is 0 Å². The van der Waals surface area contributed by atoms with Gasteiger partial charge in [0.05, 0.1) is 11.6 Å². The number of anilines is 1. The van der Waals surface area contributed by atoms with E-state index in [0.717, 1.165) is 29.2 Å². The van der Waals surface area contributed by atoms with Crippen LogP contribution in [0.2, 0.25) is 0 Å². The predicted molar refractivity (Wildman–Crippen MR) is 113 cm³/mol. The molecule has 29 heavy (non-hydrogen) atoms. The van der Waals surface area contributed by atoms with E-state index in [2.05, 4.69) is 29.6 Å². The highest BCUT2D eigenvalue weighted by molar-refractivity contribution is 5.87. The van der Waals surface area contributed by atoms with Crippen molar-refractivity contribution >= 4 is 11.7 Å². The molecule has 0 saturated heterocycles. The number of carbonyl (C=O) groups is 1. The monoisotopic (exact) mass is 383 g/mol. The number of nitrogens with one attached hydrogen (secondary N) is 1. The van der Waals surface area contributed by atoms with Gasteiger partial charge in [-0.25, -0.2) is 4.79 Å². The van der Waals surface area contributed by atoms with Gasteiger partial charge >= 0.3 is 5.97 Å². The second-order valence-corrected chi connectivity index (χ2v) is 7.57. The Hall–Kier alpha value is -3.53. The molecular formula is C25H21NO3. The summed E-state index contributed by atoms with van der Waals surface area (Å²) in [6.45, 7) is 0. The quantitative estimate of drug-likeness (QED) is 0.542. The maximum atomic E-state index is 11.2. The summed E-state index contributed by atoms with van der Waals surface area (Å²) in [6.07, 6.45) is 5.52. The van der Waals surface area contributed by atoms with Crippen LogP contribution >= 0.6 is 0 Å². The maximum Gasteiger partial charge on any atom is 0.335 e. The number of fused-ring (bicyclic) bond motifs is 3. The molecule has 0 amide bonds. The first-order valence-corrected chi connectivity index (χ1v) is 9.82. The summed E-state index contributed by atoms with van der Waals surface area (Å²) in [5, 5.41) is 12.8. The third-order valence-electron chi connectivity index (χ3n) is 5.83. The Bertz CT molecular complexity index is 1070. The van der Waals surface area contributed by atoms with E-state index >= 15 is 0 Å². The van der Waals surface area contributed by atoms with Crippen LogP contribution in [0.1, 0.15) is 39.9 Å². The Labute approximate surface area is 169 Å². The Morgan fingerprint density at radius 2 is 1.76 bits per heavy atom. The highest BCUT2D eigenvalue weighted by Gasteiger charge is 2.38. The molecule has 4 heteroatoms. The lowest BCUT2D eigenvalue weighted by Gasteiger charge is -2.37. The number of hydrogen-bond donors (Lipinski definition) is 2. The standard InChI is InChI=1S/C25H21NO3/c27-25(28)17-11-9-16(10-12-17)24-21-8-4-7-20(21)22-15-19(13-14-23(22)26-24)29-18-5-2-1-3-6-18/h1-7,9-15,20-21,24,26H,8H2,(H,27,28)/t20-,21+,24-/m0/s1. The first-order valence-electron chi connectivity index (χ1n) is 9.82. The molecule has 0 saturated carbocycles. The maximum absolute atomic E-state index is 11.2. The van der Waals surface area contributed by atoms with Gasteiger partial charge in [0.1, 0.15) is 11.5 Å². The van der Waals surface area contributed by atoms with Crippen molar-refractivity contribution in [2.24, 2.45) is 5.92 Å². The Balaban J connectivity index is 1.46. The third kappa shape index (κ3) is 3.27. The fourth-order valence-electron chi connectivity index (χ4n) is 4.42. The summed E-state index contributed by atoms with van der Waals surface area (Å²) in [4.78, 5) is 11.2. The molecule has 1 heterocycles. The molecule has 4 nitrogen and oxygen atoms in total. The van der Waals surface area contributed by atoms with Gasteiger partial charge in [-0.05, 0) is 65.9 Å². The Kier molecular flexibility index (Phi) is 4.32. The number of carboxylic acid groups (broad SMARTS) is 1. The minimum absolute atomic E-state index is 0.145. The van der Waals surface area contributed by atoms with Crippen LogP contribution in [0.5, 0.6) is 11.5 Å². The van der Waals surface area contributed by atoms with E-state index < -0.39 is 5.97 Å². The average molecular weight is 383 g/mol. The molecule has 0 aromatic heterocycles. The Morgan fingerprint density at radius 1 is 0.966 bits per heavy atom. The summed E-state index contributed by atoms with van der Waals surface area (Å²) >= 11 is 0. The second-order valence-electron chi connectivity index (χ2n) is 7.57. The van der Waals surface area contributed by atoms with Gasteiger partial charge in [0.2, 0.25) is 0 Å². The van der Waals surface area contributed by atoms with Crippen LogP contribution < -0.4 is 10.1 Å². The highest BCUT2D eigenvalue weighted by atomic mass is 16.5. The van der Waals surface area contributed by atoms with E-state index in [1.807, 2.05) is 48.5 Å². The van der Waals surface area contributed by atoms with Crippen LogP contribution in [0.3, 0.4) is 0 Å². The van der Waals surface area contributed by atoms with Gasteiger partial charge in [-0.3, -0.25) is 0 Å². The van der Waals surface area contributed by atoms with Crippen molar-refractivity contribution in [3.8, 4) is 11.5 Å². The minimum atomic E-state index is -0.898. The lowest BCUT2D eigenvalue weighted by atomic mass is 9.77. The minimum Gasteiger partial charge on any atom is -0.478 e. The normalized spacial score (nSPS) is 21.7. The van der Waals surface area contributed by atoms with Gasteiger partial charge in [0.25, 0.3) is 0 Å². The van der Waals surface area contributed by atoms with Crippen LogP contribution in [-0.4, -0.2) is 11.1 Å². The fraction of sp³-hybridized carbons (Fsp3) is 0.160. The molecule has 0 unspecified atom stereocenters. The fourth-order valence-corrected chi connectivity index (χ4v) is 4.42. The smallest absolute Gasteiger partial charge is 0.335 e. The van der Waals surface area contributed by atoms with Crippen LogP contribution in [0, 0.1) is 5.92 Å². The number of allylic oxidation sites excluding steroid dienone is 2. The zero-order valence-electron chi connectivity index (χ0n) is 15.8. The summed E-state index contributed by atoms with van der Waals surface area (Å²) in [5.74, 6) is 1.47. The van der Waals surface area contributed by atoms with Crippen LogP contribution in [0.25, 0.3) is 0 Å². The van der Waals surface area contributed by atoms with Crippen molar-refractivity contribution in [3.05, 3.63) is 102 Å². The number of carboxylic acids is 1. The second kappa shape index (κ2) is 7.13. The molecule has 3 aromatic rings. The molecule has 1 aliphatic heterocycles. The number of rotatable bonds is 4. The van der Waals surface area contributed by atoms with Crippen molar-refractivity contribution in [2.75, 3.05) is 5.32 Å². The topological polar surface area (TPSA) is 58.6 Å². The number of para-hydroxylation sites is 1. The van der Waals surface area contributed by atoms with Gasteiger partial charge < -0.3 is 15.2 Å². The van der Waals surface area contributed by atoms with Gasteiger partial charge in [0.15, 0.2) is 0 Å². The van der Waals surface area contributed by atoms with Crippen LogP contribution in [0.4, 0.5) is 5.69 Å². The summed E-state index contributed by atoms with van der Waals surface area (Å²) < 4.78 is 6.03. The molecule has 5 rings (SSSR count). The van der Waals surface area contributed by atoms with Crippen molar-refractivity contribution in [3.63, 3.8) is 0 Å². The van der Waals surface area contributed by atoms with Gasteiger partial charge in [-0.15, -0.1) is 0 Å². The first-order chi connectivity index (χ1) is 14.2. The molecule has 0 bridgehead atoms. The zero-order valence-corrected chi connectivity index (χ0v) is 15.8. The van der Waals surface area contributed by atoms with Gasteiger partial charge in [-0.2, -0.15) is 0 Å². The molecule has 2 aliphatic rings. The molecule has 2 N–H and O–H groups in total. The van der Waals surface area contributed by atoms with Crippen molar-refractivity contribution in [2.45, 2.75) is 18.4 Å². The lowest BCUT2D eigenvalue weighted by molar-refractivity contribution is 0.0697. The van der Waals surface area contributed by atoms with E-state index in [4.69, 9.17) is 9.84 Å². The van der Waals surface area contributed by atoms with E-state index in [9.17, 15) is 4.79 Å². The summed E-state index contributed by atoms with van der Waals surface area (Å²) in [7, 11) is 0. The lowest BCUT2D eigenvalue weighted by Crippen LogP contribution is -2.29. The largest absolute Gasteiger partial charge is 0.478 e. The number of hydrogen-bond acceptors (Lipinski definition) is 3. The molecular weight excluding hydrogens is 362 g/mol. The molecule has 3 aromatic carbocycles. The average Bonchev–Trinajstić information content (AvgIpc) is 3.24. The zero-order chi connectivity index (χ0) is 19.8. The third-order valence-corrected chi connectivity index (χ3v) is 5.83. The van der Waals surface area contributed by atoms with E-state index in [1.165, 1.54) is 5.56 Å². The van der Waals surface area contributed by atoms with Crippen molar-refractivity contribution < 1.29 is 14.6 Å². The van der Waals surface area contributed by atoms with Gasteiger partial charge in [-0.1, -0.05) is 42.5 Å². The van der Waals surface area contributed by atoms with Crippen molar-refractivity contribution in [1.29, 1.82) is 0 Å². The van der Waals surface area contributed by atoms with Crippen LogP contribution in [-0.2, 0) is 0 Å². The predicted octanol–water partition coefficient (Wildman–Crippen LogP) is 6.00. The number of ether oxygens (including phenoxy) is 1. The SMILES string of the molecule is O=C(O)c1ccc([C@@H]2Nc3ccc(Oc4ccccc4)cc3[C@H]3C=CC[C@H]32)cc1. The Morgan fingerprint density at radius 3 is 2.52 bits per heavy atom. The molecule has 3 atom stereocenters. The molecule has 0 fully saturated rings. The van der Waals surface area contributed by atoms with E-state index in [1.54, 1.807) is 12.1 Å². The molecule has 144 valence electrons. The first kappa shape index (κ1) is 17.6. The van der Waals surface area contributed by atoms with Gasteiger partial charge in [0, 0.05) is 11.6 Å². The summed E-state index contributed by atoms with van der Waals surface area (Å²) in [5.41, 5.74) is 3.78. The molecule has 0 spiro atoms. The highest BCUT2D eigenvalue weighted by Crippen LogP contribution is 2.50. The van der Waals surface area contributed by atoms with E-state index in [-0.39, 0.29) is 6.04 Å². The number of aromatic carboxylic acids is 1. The number of benzene rings is 3. The molecule has 1 aliphatic carbocycles. The van der Waals surface area contributed by atoms with Crippen LogP contribution in [0.15, 0.2) is 84.9 Å². The summed E-state index contributed by atoms with van der Waals surface area (Å²) in [6, 6.07) is 23.4. The molecule has 0 radical (unpaired) electrons.